The van der Waals surface area contributed by atoms with Gasteiger partial charge in [0.15, 0.2) is 11.4 Å². The highest BCUT2D eigenvalue weighted by atomic mass is 35.5. The number of rotatable bonds is 1. The molecular formula is C14H4Cl2N4O. The first kappa shape index (κ1) is 14.6. The summed E-state index contributed by atoms with van der Waals surface area (Å²) in [5.41, 5.74) is 0.628. The monoisotopic (exact) mass is 314 g/mol. The lowest BCUT2D eigenvalue weighted by Gasteiger charge is -2.01. The number of nitrogens with zero attached hydrogens (tertiary/aromatic N) is 4. The third-order valence-corrected chi connectivity index (χ3v) is 3.18. The number of aliphatic imine (C=N–C) groups is 1. The summed E-state index contributed by atoms with van der Waals surface area (Å²) in [4.78, 5) is 10.2. The smallest absolute Gasteiger partial charge is 0.276 e. The van der Waals surface area contributed by atoms with E-state index in [2.05, 4.69) is 14.7 Å². The molecule has 0 saturated heterocycles. The number of phenols is 1. The number of aromatic hydroxyl groups is 1. The third-order valence-electron chi connectivity index (χ3n) is 2.60. The van der Waals surface area contributed by atoms with Gasteiger partial charge in [-0.3, -0.25) is 0 Å². The Morgan fingerprint density at radius 3 is 2.33 bits per heavy atom. The van der Waals surface area contributed by atoms with Gasteiger partial charge < -0.3 is 9.95 Å². The van der Waals surface area contributed by atoms with Crippen LogP contribution in [0.2, 0.25) is 10.0 Å². The summed E-state index contributed by atoms with van der Waals surface area (Å²) in [6, 6.07) is 4.74. The van der Waals surface area contributed by atoms with Crippen molar-refractivity contribution in [3.63, 3.8) is 0 Å². The predicted molar refractivity (Wildman–Crippen MR) is 79.4 cm³/mol. The van der Waals surface area contributed by atoms with Crippen LogP contribution in [0.1, 0.15) is 5.56 Å². The van der Waals surface area contributed by atoms with Gasteiger partial charge in [-0.2, -0.15) is 5.26 Å². The van der Waals surface area contributed by atoms with Crippen LogP contribution < -0.4 is 0 Å². The van der Waals surface area contributed by atoms with Crippen LogP contribution in [-0.2, 0) is 0 Å². The number of hydrogen-bond acceptors (Lipinski definition) is 3. The Kier molecular flexibility index (Phi) is 3.96. The van der Waals surface area contributed by atoms with E-state index in [4.69, 9.17) is 41.6 Å². The predicted octanol–water partition coefficient (Wildman–Crippen LogP) is 4.07. The molecule has 0 atom stereocenters. The average Bonchev–Trinajstić information content (AvgIpc) is 2.81. The zero-order valence-corrected chi connectivity index (χ0v) is 11.7. The fourth-order valence-corrected chi connectivity index (χ4v) is 2.18. The van der Waals surface area contributed by atoms with Crippen molar-refractivity contribution in [2.24, 2.45) is 4.99 Å². The van der Waals surface area contributed by atoms with Crippen molar-refractivity contribution in [1.82, 2.24) is 0 Å². The Hall–Kier alpha value is -2.78. The van der Waals surface area contributed by atoms with Crippen LogP contribution in [0.3, 0.4) is 0 Å². The van der Waals surface area contributed by atoms with E-state index in [0.717, 1.165) is 0 Å². The molecule has 5 nitrogen and oxygen atoms in total. The van der Waals surface area contributed by atoms with Gasteiger partial charge >= 0.3 is 0 Å². The van der Waals surface area contributed by atoms with Gasteiger partial charge in [-0.1, -0.05) is 29.8 Å². The molecule has 2 rings (SSSR count). The zero-order valence-electron chi connectivity index (χ0n) is 10.2. The van der Waals surface area contributed by atoms with Crippen molar-refractivity contribution in [2.75, 3.05) is 0 Å². The fourth-order valence-electron chi connectivity index (χ4n) is 1.68. The number of halogens is 2. The SMILES string of the molecule is [C-]#[N+]C1=N/C(=C/c2cc(Cl)c(O)c(Cl)c2)C(C#N)=C1[N+]#[C-]. The summed E-state index contributed by atoms with van der Waals surface area (Å²) < 4.78 is 0. The maximum absolute atomic E-state index is 9.50. The molecule has 1 aromatic carbocycles. The minimum Gasteiger partial charge on any atom is -0.505 e. The van der Waals surface area contributed by atoms with Crippen LogP contribution in [0.5, 0.6) is 5.75 Å². The first-order valence-corrected chi connectivity index (χ1v) is 6.15. The number of benzene rings is 1. The van der Waals surface area contributed by atoms with Crippen LogP contribution in [0.4, 0.5) is 0 Å². The summed E-state index contributed by atoms with van der Waals surface area (Å²) in [6.07, 6.45) is 1.47. The van der Waals surface area contributed by atoms with Crippen LogP contribution >= 0.6 is 23.2 Å². The molecular weight excluding hydrogens is 311 g/mol. The van der Waals surface area contributed by atoms with E-state index in [1.54, 1.807) is 0 Å². The van der Waals surface area contributed by atoms with E-state index in [0.29, 0.717) is 5.56 Å². The van der Waals surface area contributed by atoms with Crippen LogP contribution in [0.15, 0.2) is 34.1 Å². The van der Waals surface area contributed by atoms with Crippen molar-refractivity contribution in [3.8, 4) is 11.8 Å². The van der Waals surface area contributed by atoms with Gasteiger partial charge in [0.2, 0.25) is 5.70 Å². The normalized spacial score (nSPS) is 15.4. The summed E-state index contributed by atoms with van der Waals surface area (Å²) in [6.45, 7) is 14.0. The first-order chi connectivity index (χ1) is 10.0. The van der Waals surface area contributed by atoms with Gasteiger partial charge in [0, 0.05) is 0 Å². The zero-order chi connectivity index (χ0) is 15.6. The maximum Gasteiger partial charge on any atom is 0.276 e. The summed E-state index contributed by atoms with van der Waals surface area (Å²) in [5.74, 6) is -0.362. The van der Waals surface area contributed by atoms with Gasteiger partial charge in [-0.15, -0.1) is 4.99 Å². The fraction of sp³-hybridized carbons (Fsp3) is 0. The minimum atomic E-state index is -0.241. The van der Waals surface area contributed by atoms with Gasteiger partial charge in [0.05, 0.1) is 28.3 Å². The van der Waals surface area contributed by atoms with Crippen molar-refractivity contribution in [2.45, 2.75) is 0 Å². The molecule has 21 heavy (non-hydrogen) atoms. The highest BCUT2D eigenvalue weighted by Crippen LogP contribution is 2.35. The Bertz CT molecular complexity index is 837. The van der Waals surface area contributed by atoms with Gasteiger partial charge in [-0.05, 0) is 23.8 Å². The molecule has 100 valence electrons. The number of nitriles is 1. The molecule has 0 aliphatic carbocycles. The van der Waals surface area contributed by atoms with Crippen molar-refractivity contribution in [3.05, 3.63) is 67.5 Å². The Balaban J connectivity index is 2.61. The molecule has 7 heteroatoms. The molecule has 0 aromatic heterocycles. The van der Waals surface area contributed by atoms with E-state index < -0.39 is 0 Å². The second kappa shape index (κ2) is 5.69. The number of amidine groups is 1. The molecule has 1 aromatic rings. The Morgan fingerprint density at radius 2 is 1.86 bits per heavy atom. The molecule has 1 aliphatic rings. The number of phenolic OH excluding ortho intramolecular Hbond substituents is 1. The molecule has 1 N–H and O–H groups in total. The van der Waals surface area contributed by atoms with E-state index in [1.165, 1.54) is 18.2 Å². The van der Waals surface area contributed by atoms with Gasteiger partial charge in [0.1, 0.15) is 0 Å². The number of allylic oxidation sites excluding steroid dienone is 1. The first-order valence-electron chi connectivity index (χ1n) is 5.40. The standard InChI is InChI=1S/C14H4Cl2N4O/c1-18-12-8(6-17)11(20-14(12)19-2)5-7-3-9(15)13(21)10(16)4-7/h3-5,21H/b11-5+. The minimum absolute atomic E-state index is 0.0244. The molecule has 0 bridgehead atoms. The lowest BCUT2D eigenvalue weighted by Crippen LogP contribution is -1.88. The lowest BCUT2D eigenvalue weighted by atomic mass is 10.1. The summed E-state index contributed by atoms with van der Waals surface area (Å²) in [7, 11) is 0. The van der Waals surface area contributed by atoms with E-state index in [9.17, 15) is 5.11 Å². The van der Waals surface area contributed by atoms with E-state index in [-0.39, 0.29) is 38.6 Å². The molecule has 1 heterocycles. The molecule has 0 radical (unpaired) electrons. The highest BCUT2D eigenvalue weighted by molar-refractivity contribution is 6.37. The quantitative estimate of drug-likeness (QED) is 0.794. The van der Waals surface area contributed by atoms with Crippen LogP contribution in [-0.4, -0.2) is 10.9 Å². The third kappa shape index (κ3) is 2.59. The average molecular weight is 315 g/mol. The molecule has 1 aliphatic heterocycles. The second-order valence-electron chi connectivity index (χ2n) is 3.86. The van der Waals surface area contributed by atoms with Crippen molar-refractivity contribution in [1.29, 1.82) is 5.26 Å². The van der Waals surface area contributed by atoms with E-state index in [1.807, 2.05) is 6.07 Å². The topological polar surface area (TPSA) is 65.1 Å². The Labute approximate surface area is 130 Å². The van der Waals surface area contributed by atoms with Gasteiger partial charge in [-0.25, -0.2) is 4.85 Å². The lowest BCUT2D eigenvalue weighted by molar-refractivity contribution is 0.476. The molecule has 0 saturated carbocycles. The van der Waals surface area contributed by atoms with E-state index >= 15 is 0 Å². The Morgan fingerprint density at radius 1 is 1.24 bits per heavy atom. The number of hydrogen-bond donors (Lipinski definition) is 1. The maximum atomic E-state index is 9.50. The molecule has 0 amide bonds. The summed E-state index contributed by atoms with van der Waals surface area (Å²) in [5, 5.41) is 18.7. The molecule has 0 spiro atoms. The van der Waals surface area contributed by atoms with Crippen LogP contribution in [0.25, 0.3) is 15.8 Å². The van der Waals surface area contributed by atoms with Gasteiger partial charge in [0.25, 0.3) is 5.84 Å². The second-order valence-corrected chi connectivity index (χ2v) is 4.67. The largest absolute Gasteiger partial charge is 0.505 e. The van der Waals surface area contributed by atoms with Crippen molar-refractivity contribution >= 4 is 35.1 Å². The van der Waals surface area contributed by atoms with Crippen LogP contribution in [0, 0.1) is 24.5 Å². The molecule has 0 fully saturated rings. The van der Waals surface area contributed by atoms with Crippen molar-refractivity contribution < 1.29 is 5.11 Å². The highest BCUT2D eigenvalue weighted by Gasteiger charge is 2.27. The molecule has 0 unspecified atom stereocenters. The summed E-state index contributed by atoms with van der Waals surface area (Å²) >= 11 is 11.6.